The van der Waals surface area contributed by atoms with Crippen molar-refractivity contribution < 1.29 is 19.4 Å². The molecule has 0 atom stereocenters. The van der Waals surface area contributed by atoms with Gasteiger partial charge < -0.3 is 29.9 Å². The molecule has 8 heteroatoms. The molecule has 1 aliphatic rings. The van der Waals surface area contributed by atoms with Gasteiger partial charge in [0, 0.05) is 72.7 Å². The van der Waals surface area contributed by atoms with E-state index in [2.05, 4.69) is 58.8 Å². The molecule has 0 spiro atoms. The molecular formula is C38H41FN4O3. The summed E-state index contributed by atoms with van der Waals surface area (Å²) in [5, 5.41) is 25.2. The zero-order valence-electron chi connectivity index (χ0n) is 26.7. The highest BCUT2D eigenvalue weighted by Crippen LogP contribution is 2.40. The van der Waals surface area contributed by atoms with Gasteiger partial charge in [-0.2, -0.15) is 0 Å². The average Bonchev–Trinajstić information content (AvgIpc) is 3.27. The normalized spacial score (nSPS) is 14.2. The van der Waals surface area contributed by atoms with Crippen LogP contribution in [-0.4, -0.2) is 70.3 Å². The van der Waals surface area contributed by atoms with Gasteiger partial charge in [0.25, 0.3) is 5.91 Å². The number of benzene rings is 4. The molecule has 46 heavy (non-hydrogen) atoms. The number of nitrogens with one attached hydrogen (secondary N) is 1. The van der Waals surface area contributed by atoms with Crippen LogP contribution in [0.4, 0.5) is 10.1 Å². The molecule has 0 saturated carbocycles. The van der Waals surface area contributed by atoms with E-state index >= 15 is 0 Å². The molecule has 3 N–H and O–H groups in total. The minimum absolute atomic E-state index is 0.170. The second-order valence-electron chi connectivity index (χ2n) is 12.4. The highest BCUT2D eigenvalue weighted by atomic mass is 19.1. The lowest BCUT2D eigenvalue weighted by Gasteiger charge is -2.32. The number of amides is 1. The number of anilines is 1. The monoisotopic (exact) mass is 620 g/mol. The van der Waals surface area contributed by atoms with E-state index in [1.807, 2.05) is 18.2 Å². The first-order chi connectivity index (χ1) is 22.2. The first-order valence-electron chi connectivity index (χ1n) is 15.9. The number of halogens is 1. The van der Waals surface area contributed by atoms with Crippen LogP contribution in [0.5, 0.6) is 11.5 Å². The molecule has 2 heterocycles. The van der Waals surface area contributed by atoms with Gasteiger partial charge in [-0.15, -0.1) is 0 Å². The van der Waals surface area contributed by atoms with Gasteiger partial charge in [-0.25, -0.2) is 4.39 Å². The van der Waals surface area contributed by atoms with Gasteiger partial charge in [0.15, 0.2) is 0 Å². The van der Waals surface area contributed by atoms with Crippen molar-refractivity contribution >= 4 is 22.5 Å². The van der Waals surface area contributed by atoms with Crippen molar-refractivity contribution in [3.05, 3.63) is 113 Å². The van der Waals surface area contributed by atoms with Crippen molar-refractivity contribution in [3.8, 4) is 22.6 Å². The highest BCUT2D eigenvalue weighted by Gasteiger charge is 2.17. The zero-order chi connectivity index (χ0) is 32.4. The van der Waals surface area contributed by atoms with Crippen LogP contribution >= 0.6 is 0 Å². The molecule has 4 aromatic carbocycles. The second kappa shape index (κ2) is 13.4. The SMILES string of the molecule is Cc1c(C)n(CCCN2CCN(C)CC2)c2ccc(Cc3cccc(C(=O)Nc4cc(O)c(-c5ccc(F)cc5)c(O)c4)c3)cc12. The number of carbonyl (C=O) groups is 1. The van der Waals surface area contributed by atoms with Crippen LogP contribution in [-0.2, 0) is 13.0 Å². The number of hydrogen-bond donors (Lipinski definition) is 3. The van der Waals surface area contributed by atoms with Gasteiger partial charge in [0.05, 0.1) is 5.56 Å². The van der Waals surface area contributed by atoms with Crippen LogP contribution in [0.15, 0.2) is 78.9 Å². The zero-order valence-corrected chi connectivity index (χ0v) is 26.7. The number of hydrogen-bond acceptors (Lipinski definition) is 5. The van der Waals surface area contributed by atoms with E-state index in [9.17, 15) is 19.4 Å². The maximum absolute atomic E-state index is 13.3. The Balaban J connectivity index is 1.13. The van der Waals surface area contributed by atoms with Crippen LogP contribution in [0.1, 0.15) is 39.2 Å². The van der Waals surface area contributed by atoms with E-state index in [0.717, 1.165) is 51.3 Å². The summed E-state index contributed by atoms with van der Waals surface area (Å²) < 4.78 is 15.8. The Bertz CT molecular complexity index is 1850. The van der Waals surface area contributed by atoms with E-state index in [1.54, 1.807) is 6.07 Å². The average molecular weight is 621 g/mol. The smallest absolute Gasteiger partial charge is 0.255 e. The number of carbonyl (C=O) groups excluding carboxylic acids is 1. The number of phenolic OH excluding ortho intramolecular Hbond substituents is 2. The predicted molar refractivity (Wildman–Crippen MR) is 182 cm³/mol. The Morgan fingerprint density at radius 3 is 2.26 bits per heavy atom. The van der Waals surface area contributed by atoms with Crippen molar-refractivity contribution in [3.63, 3.8) is 0 Å². The lowest BCUT2D eigenvalue weighted by Crippen LogP contribution is -2.44. The summed E-state index contributed by atoms with van der Waals surface area (Å²) in [6, 6.07) is 22.4. The fourth-order valence-corrected chi connectivity index (χ4v) is 6.48. The molecule has 0 unspecified atom stereocenters. The summed E-state index contributed by atoms with van der Waals surface area (Å²) in [5.74, 6) is -1.21. The molecule has 0 aliphatic carbocycles. The van der Waals surface area contributed by atoms with Crippen LogP contribution < -0.4 is 5.32 Å². The third-order valence-corrected chi connectivity index (χ3v) is 9.24. The second-order valence-corrected chi connectivity index (χ2v) is 12.4. The highest BCUT2D eigenvalue weighted by molar-refractivity contribution is 6.05. The Labute approximate surface area is 269 Å². The molecule has 1 fully saturated rings. The fraction of sp³-hybridized carbons (Fsp3) is 0.289. The third kappa shape index (κ3) is 6.78. The van der Waals surface area contributed by atoms with Crippen molar-refractivity contribution in [1.29, 1.82) is 0 Å². The molecule has 7 nitrogen and oxygen atoms in total. The minimum Gasteiger partial charge on any atom is -0.507 e. The first kappa shape index (κ1) is 31.3. The summed E-state index contributed by atoms with van der Waals surface area (Å²) in [6.45, 7) is 11.1. The van der Waals surface area contributed by atoms with Gasteiger partial charge >= 0.3 is 0 Å². The molecule has 6 rings (SSSR count). The van der Waals surface area contributed by atoms with Gasteiger partial charge in [-0.05, 0) is 98.9 Å². The number of piperazine rings is 1. The fourth-order valence-electron chi connectivity index (χ4n) is 6.48. The molecule has 0 radical (unpaired) electrons. The van der Waals surface area contributed by atoms with E-state index in [4.69, 9.17) is 0 Å². The number of aryl methyl sites for hydroxylation is 2. The lowest BCUT2D eigenvalue weighted by molar-refractivity contribution is 0.102. The van der Waals surface area contributed by atoms with Crippen molar-refractivity contribution in [2.24, 2.45) is 0 Å². The van der Waals surface area contributed by atoms with Crippen molar-refractivity contribution in [1.82, 2.24) is 14.4 Å². The number of fused-ring (bicyclic) bond motifs is 1. The Kier molecular flexibility index (Phi) is 9.10. The van der Waals surface area contributed by atoms with Gasteiger partial charge in [0.1, 0.15) is 17.3 Å². The topological polar surface area (TPSA) is 81.0 Å². The molecule has 238 valence electrons. The molecule has 1 aliphatic heterocycles. The number of aromatic nitrogens is 1. The molecule has 1 aromatic heterocycles. The lowest BCUT2D eigenvalue weighted by atomic mass is 10.0. The first-order valence-corrected chi connectivity index (χ1v) is 15.9. The Hall–Kier alpha value is -4.66. The Morgan fingerprint density at radius 2 is 1.54 bits per heavy atom. The number of aromatic hydroxyl groups is 2. The van der Waals surface area contributed by atoms with Gasteiger partial charge in [-0.1, -0.05) is 30.3 Å². The van der Waals surface area contributed by atoms with Crippen LogP contribution in [0.25, 0.3) is 22.0 Å². The molecule has 1 saturated heterocycles. The van der Waals surface area contributed by atoms with Crippen LogP contribution in [0, 0.1) is 19.7 Å². The summed E-state index contributed by atoms with van der Waals surface area (Å²) in [7, 11) is 2.19. The van der Waals surface area contributed by atoms with E-state index in [0.29, 0.717) is 17.5 Å². The number of rotatable bonds is 9. The maximum atomic E-state index is 13.3. The summed E-state index contributed by atoms with van der Waals surface area (Å²) >= 11 is 0. The third-order valence-electron chi connectivity index (χ3n) is 9.24. The number of phenols is 2. The predicted octanol–water partition coefficient (Wildman–Crippen LogP) is 6.96. The maximum Gasteiger partial charge on any atom is 0.255 e. The van der Waals surface area contributed by atoms with E-state index < -0.39 is 5.82 Å². The van der Waals surface area contributed by atoms with Crippen molar-refractivity contribution in [2.75, 3.05) is 45.1 Å². The largest absolute Gasteiger partial charge is 0.507 e. The Morgan fingerprint density at radius 1 is 0.848 bits per heavy atom. The van der Waals surface area contributed by atoms with Crippen LogP contribution in [0.3, 0.4) is 0 Å². The molecular weight excluding hydrogens is 579 g/mol. The molecule has 1 amide bonds. The minimum atomic E-state index is -0.415. The van der Waals surface area contributed by atoms with E-state index in [-0.39, 0.29) is 28.7 Å². The van der Waals surface area contributed by atoms with Crippen molar-refractivity contribution in [2.45, 2.75) is 33.2 Å². The van der Waals surface area contributed by atoms with E-state index in [1.165, 1.54) is 64.1 Å². The van der Waals surface area contributed by atoms with Gasteiger partial charge in [-0.3, -0.25) is 4.79 Å². The summed E-state index contributed by atoms with van der Waals surface area (Å²) in [4.78, 5) is 18.1. The summed E-state index contributed by atoms with van der Waals surface area (Å²) in [6.07, 6.45) is 1.81. The van der Waals surface area contributed by atoms with Gasteiger partial charge in [0.2, 0.25) is 0 Å². The number of likely N-dealkylation sites (N-methyl/N-ethyl adjacent to an activating group) is 1. The van der Waals surface area contributed by atoms with Crippen LogP contribution in [0.2, 0.25) is 0 Å². The quantitative estimate of drug-likeness (QED) is 0.166. The summed E-state index contributed by atoms with van der Waals surface area (Å²) in [5.41, 5.74) is 7.42. The standard InChI is InChI=1S/C38H41FN4O3/c1-25-26(2)43(15-5-14-42-18-16-41(3)17-19-42)34-13-8-28(22-33(25)34)20-27-6-4-7-30(21-27)38(46)40-32-23-35(44)37(36(45)24-32)29-9-11-31(39)12-10-29/h4,6-13,21-24,44-45H,5,14-20H2,1-3H3,(H,40,46). The molecule has 5 aromatic rings. The number of nitrogens with zero attached hydrogens (tertiary/aromatic N) is 3. The molecule has 0 bridgehead atoms.